The summed E-state index contributed by atoms with van der Waals surface area (Å²) < 4.78 is 5.58. The Morgan fingerprint density at radius 1 is 0.719 bits per heavy atom. The number of ether oxygens (including phenoxy) is 1. The first-order valence-electron chi connectivity index (χ1n) is 13.2. The van der Waals surface area contributed by atoms with Crippen LogP contribution in [-0.2, 0) is 24.1 Å². The van der Waals surface area contributed by atoms with Gasteiger partial charge in [0.25, 0.3) is 0 Å². The molecule has 0 unspecified atom stereocenters. The lowest BCUT2D eigenvalue weighted by molar-refractivity contribution is -0.290. The molecule has 0 fully saturated rings. The summed E-state index contributed by atoms with van der Waals surface area (Å²) >= 11 is 0. The second-order valence-corrected chi connectivity index (χ2v) is 8.97. The van der Waals surface area contributed by atoms with Gasteiger partial charge in [-0.3, -0.25) is 9.68 Å². The smallest absolute Gasteiger partial charge is 0.349 e. The number of rotatable bonds is 24. The van der Waals surface area contributed by atoms with Gasteiger partial charge >= 0.3 is 5.97 Å². The van der Waals surface area contributed by atoms with Crippen LogP contribution >= 0.6 is 0 Å². The first kappa shape index (κ1) is 30.8. The predicted octanol–water partition coefficient (Wildman–Crippen LogP) is 7.66. The quantitative estimate of drug-likeness (QED) is 0.0492. The number of unbranched alkanes of at least 4 members (excludes halogenated alkanes) is 12. The average molecular weight is 455 g/mol. The molecule has 0 saturated heterocycles. The summed E-state index contributed by atoms with van der Waals surface area (Å²) in [4.78, 5) is 32.3. The van der Waals surface area contributed by atoms with Gasteiger partial charge in [0.1, 0.15) is 12.2 Å². The van der Waals surface area contributed by atoms with Gasteiger partial charge in [0.2, 0.25) is 0 Å². The van der Waals surface area contributed by atoms with E-state index in [9.17, 15) is 9.59 Å². The maximum Gasteiger partial charge on any atom is 0.349 e. The maximum atomic E-state index is 11.7. The zero-order chi connectivity index (χ0) is 23.7. The molecule has 0 aromatic rings. The van der Waals surface area contributed by atoms with E-state index in [4.69, 9.17) is 9.62 Å². The molecule has 0 saturated carbocycles. The van der Waals surface area contributed by atoms with Crippen LogP contribution in [0.15, 0.2) is 12.2 Å². The topological polar surface area (TPSA) is 61.8 Å². The highest BCUT2D eigenvalue weighted by atomic mass is 17.2. The van der Waals surface area contributed by atoms with E-state index in [-0.39, 0.29) is 18.3 Å². The van der Waals surface area contributed by atoms with Crippen LogP contribution in [0, 0.1) is 0 Å². The minimum absolute atomic E-state index is 0.136. The molecule has 32 heavy (non-hydrogen) atoms. The molecule has 0 aliphatic heterocycles. The largest absolute Gasteiger partial charge is 0.381 e. The normalized spacial score (nSPS) is 11.5. The van der Waals surface area contributed by atoms with E-state index in [2.05, 4.69) is 24.0 Å². The summed E-state index contributed by atoms with van der Waals surface area (Å²) in [5.74, 6) is -0.767. The number of carbonyl (C=O) groups is 2. The SMILES string of the molecule is CCCCCCCC/C=C\CCCCCCCCOCCCC(=O)CC(=O)OOC(C)C. The van der Waals surface area contributed by atoms with E-state index in [1.165, 1.54) is 83.5 Å². The van der Waals surface area contributed by atoms with Gasteiger partial charge in [-0.1, -0.05) is 76.9 Å². The third kappa shape index (κ3) is 25.1. The number of allylic oxidation sites excluding steroid dienone is 2. The molecule has 0 aromatic carbocycles. The van der Waals surface area contributed by atoms with Gasteiger partial charge in [-0.2, -0.15) is 4.89 Å². The molecule has 0 aliphatic rings. The van der Waals surface area contributed by atoms with Crippen molar-refractivity contribution >= 4 is 11.8 Å². The summed E-state index contributed by atoms with van der Waals surface area (Å²) in [5.41, 5.74) is 0. The van der Waals surface area contributed by atoms with Gasteiger partial charge in [-0.15, -0.1) is 0 Å². The van der Waals surface area contributed by atoms with Crippen molar-refractivity contribution in [3.8, 4) is 0 Å². The van der Waals surface area contributed by atoms with Gasteiger partial charge in [-0.05, 0) is 52.4 Å². The zero-order valence-corrected chi connectivity index (χ0v) is 21.2. The lowest BCUT2D eigenvalue weighted by Gasteiger charge is -2.06. The molecule has 0 amide bonds. The van der Waals surface area contributed by atoms with Crippen LogP contribution in [0.25, 0.3) is 0 Å². The summed E-state index contributed by atoms with van der Waals surface area (Å²) in [6.45, 7) is 7.09. The van der Waals surface area contributed by atoms with Crippen molar-refractivity contribution in [1.82, 2.24) is 0 Å². The number of Topliss-reactive ketones (excluding diaryl/α,β-unsaturated/α-hetero) is 1. The third-order valence-electron chi connectivity index (χ3n) is 5.22. The molecule has 0 rings (SSSR count). The van der Waals surface area contributed by atoms with Crippen LogP contribution in [0.2, 0.25) is 0 Å². The minimum atomic E-state index is -0.631. The highest BCUT2D eigenvalue weighted by Gasteiger charge is 2.12. The molecule has 0 bridgehead atoms. The maximum absolute atomic E-state index is 11.7. The standard InChI is InChI=1S/C27H50O5/c1-4-5-6-7-8-9-10-11-12-13-14-15-16-17-18-19-22-30-23-20-21-26(28)24-27(29)32-31-25(2)3/h11-12,25H,4-10,13-24H2,1-3H3/b12-11-. The number of hydrogen-bond donors (Lipinski definition) is 0. The number of ketones is 1. The molecule has 0 atom stereocenters. The lowest BCUT2D eigenvalue weighted by atomic mass is 10.1. The molecular formula is C27H50O5. The Kier molecular flexibility index (Phi) is 23.5. The Bertz CT molecular complexity index is 459. The van der Waals surface area contributed by atoms with Crippen molar-refractivity contribution in [1.29, 1.82) is 0 Å². The molecule has 0 aliphatic carbocycles. The Balaban J connectivity index is 3.25. The van der Waals surface area contributed by atoms with Crippen LogP contribution in [0.4, 0.5) is 0 Å². The molecule has 5 nitrogen and oxygen atoms in total. The van der Waals surface area contributed by atoms with Gasteiger partial charge in [0.15, 0.2) is 0 Å². The Hall–Kier alpha value is -1.20. The fourth-order valence-corrected chi connectivity index (χ4v) is 3.35. The van der Waals surface area contributed by atoms with E-state index in [1.54, 1.807) is 13.8 Å². The Labute approximate surface area is 197 Å². The van der Waals surface area contributed by atoms with E-state index >= 15 is 0 Å². The number of hydrogen-bond acceptors (Lipinski definition) is 5. The van der Waals surface area contributed by atoms with E-state index in [0.717, 1.165) is 13.0 Å². The highest BCUT2D eigenvalue weighted by molar-refractivity contribution is 5.95. The predicted molar refractivity (Wildman–Crippen MR) is 131 cm³/mol. The van der Waals surface area contributed by atoms with Crippen LogP contribution in [0.5, 0.6) is 0 Å². The number of carbonyl (C=O) groups excluding carboxylic acids is 2. The third-order valence-corrected chi connectivity index (χ3v) is 5.22. The van der Waals surface area contributed by atoms with Crippen molar-refractivity contribution in [2.45, 2.75) is 136 Å². The van der Waals surface area contributed by atoms with Crippen molar-refractivity contribution in [3.63, 3.8) is 0 Å². The fraction of sp³-hybridized carbons (Fsp3) is 0.852. The summed E-state index contributed by atoms with van der Waals surface area (Å²) in [6.07, 6.45) is 23.5. The van der Waals surface area contributed by atoms with Crippen LogP contribution < -0.4 is 0 Å². The molecule has 188 valence electrons. The van der Waals surface area contributed by atoms with Gasteiger partial charge < -0.3 is 4.74 Å². The lowest BCUT2D eigenvalue weighted by Crippen LogP contribution is -2.14. The van der Waals surface area contributed by atoms with Crippen LogP contribution in [0.1, 0.15) is 130 Å². The van der Waals surface area contributed by atoms with Crippen molar-refractivity contribution in [2.24, 2.45) is 0 Å². The summed E-state index contributed by atoms with van der Waals surface area (Å²) in [7, 11) is 0. The van der Waals surface area contributed by atoms with Gasteiger partial charge in [-0.25, -0.2) is 4.79 Å². The van der Waals surface area contributed by atoms with Gasteiger partial charge in [0, 0.05) is 19.6 Å². The molecular weight excluding hydrogens is 404 g/mol. The van der Waals surface area contributed by atoms with Gasteiger partial charge in [0.05, 0.1) is 6.10 Å². The van der Waals surface area contributed by atoms with Crippen molar-refractivity contribution in [2.75, 3.05) is 13.2 Å². The molecule has 0 N–H and O–H groups in total. The monoisotopic (exact) mass is 454 g/mol. The molecule has 0 spiro atoms. The molecule has 0 radical (unpaired) electrons. The highest BCUT2D eigenvalue weighted by Crippen LogP contribution is 2.10. The summed E-state index contributed by atoms with van der Waals surface area (Å²) in [6, 6.07) is 0. The van der Waals surface area contributed by atoms with Crippen LogP contribution in [-0.4, -0.2) is 31.1 Å². The Morgan fingerprint density at radius 2 is 1.25 bits per heavy atom. The van der Waals surface area contributed by atoms with Crippen molar-refractivity contribution in [3.05, 3.63) is 12.2 Å². The zero-order valence-electron chi connectivity index (χ0n) is 21.2. The Morgan fingerprint density at radius 3 is 1.84 bits per heavy atom. The fourth-order valence-electron chi connectivity index (χ4n) is 3.35. The first-order valence-corrected chi connectivity index (χ1v) is 13.2. The van der Waals surface area contributed by atoms with E-state index in [1.807, 2.05) is 0 Å². The molecule has 0 aromatic heterocycles. The van der Waals surface area contributed by atoms with Crippen molar-refractivity contribution < 1.29 is 24.1 Å². The second-order valence-electron chi connectivity index (χ2n) is 8.97. The summed E-state index contributed by atoms with van der Waals surface area (Å²) in [5, 5.41) is 0. The molecule has 5 heteroatoms. The molecule has 0 heterocycles. The second kappa shape index (κ2) is 24.4. The van der Waals surface area contributed by atoms with E-state index < -0.39 is 5.97 Å². The average Bonchev–Trinajstić information content (AvgIpc) is 2.76. The first-order chi connectivity index (χ1) is 15.6. The van der Waals surface area contributed by atoms with E-state index in [0.29, 0.717) is 19.4 Å². The minimum Gasteiger partial charge on any atom is -0.381 e. The van der Waals surface area contributed by atoms with Crippen LogP contribution in [0.3, 0.4) is 0 Å².